The Hall–Kier alpha value is -1.88. The van der Waals surface area contributed by atoms with Crippen LogP contribution in [0.2, 0.25) is 0 Å². The fourth-order valence-corrected chi connectivity index (χ4v) is 1.34. The third-order valence-electron chi connectivity index (χ3n) is 2.74. The van der Waals surface area contributed by atoms with E-state index in [2.05, 4.69) is 15.5 Å². The lowest BCUT2D eigenvalue weighted by Gasteiger charge is -2.17. The SMILES string of the molecule is CNC(C)(C)c1nc(COc2ccccc2)no1. The fraction of sp³-hybridized carbons (Fsp3) is 0.385. The van der Waals surface area contributed by atoms with Crippen LogP contribution in [0.4, 0.5) is 0 Å². The van der Waals surface area contributed by atoms with E-state index in [9.17, 15) is 0 Å². The molecule has 0 fully saturated rings. The summed E-state index contributed by atoms with van der Waals surface area (Å²) in [4.78, 5) is 4.30. The molecular formula is C13H17N3O2. The summed E-state index contributed by atoms with van der Waals surface area (Å²) >= 11 is 0. The summed E-state index contributed by atoms with van der Waals surface area (Å²) in [6, 6.07) is 9.55. The Kier molecular flexibility index (Phi) is 3.62. The van der Waals surface area contributed by atoms with E-state index in [-0.39, 0.29) is 5.54 Å². The number of hydrogen-bond acceptors (Lipinski definition) is 5. The zero-order chi connectivity index (χ0) is 13.0. The van der Waals surface area contributed by atoms with Crippen molar-refractivity contribution in [1.29, 1.82) is 0 Å². The Morgan fingerprint density at radius 3 is 2.67 bits per heavy atom. The Morgan fingerprint density at radius 2 is 2.00 bits per heavy atom. The van der Waals surface area contributed by atoms with E-state index < -0.39 is 0 Å². The fourth-order valence-electron chi connectivity index (χ4n) is 1.34. The summed E-state index contributed by atoms with van der Waals surface area (Å²) in [5.74, 6) is 1.88. The van der Waals surface area contributed by atoms with Crippen molar-refractivity contribution in [3.63, 3.8) is 0 Å². The number of nitrogens with one attached hydrogen (secondary N) is 1. The van der Waals surface area contributed by atoms with Gasteiger partial charge < -0.3 is 14.6 Å². The van der Waals surface area contributed by atoms with Crippen LogP contribution in [0.5, 0.6) is 5.75 Å². The van der Waals surface area contributed by atoms with Crippen molar-refractivity contribution in [3.8, 4) is 5.75 Å². The van der Waals surface area contributed by atoms with Gasteiger partial charge in [0.15, 0.2) is 6.61 Å². The number of benzene rings is 1. The van der Waals surface area contributed by atoms with Crippen LogP contribution in [0.15, 0.2) is 34.9 Å². The predicted molar refractivity (Wildman–Crippen MR) is 67.2 cm³/mol. The van der Waals surface area contributed by atoms with E-state index in [4.69, 9.17) is 9.26 Å². The second-order valence-corrected chi connectivity index (χ2v) is 4.49. The first-order valence-electron chi connectivity index (χ1n) is 5.81. The van der Waals surface area contributed by atoms with E-state index in [0.29, 0.717) is 18.3 Å². The summed E-state index contributed by atoms with van der Waals surface area (Å²) in [6.45, 7) is 4.25. The number of rotatable bonds is 5. The van der Waals surface area contributed by atoms with Crippen LogP contribution >= 0.6 is 0 Å². The molecule has 0 aliphatic heterocycles. The molecule has 0 saturated heterocycles. The minimum Gasteiger partial charge on any atom is -0.485 e. The van der Waals surface area contributed by atoms with Gasteiger partial charge in [-0.2, -0.15) is 4.98 Å². The largest absolute Gasteiger partial charge is 0.485 e. The van der Waals surface area contributed by atoms with Gasteiger partial charge in [-0.05, 0) is 33.0 Å². The zero-order valence-electron chi connectivity index (χ0n) is 10.8. The van der Waals surface area contributed by atoms with Crippen molar-refractivity contribution in [1.82, 2.24) is 15.5 Å². The van der Waals surface area contributed by atoms with Gasteiger partial charge >= 0.3 is 0 Å². The molecule has 96 valence electrons. The van der Waals surface area contributed by atoms with Crippen molar-refractivity contribution in [2.45, 2.75) is 26.0 Å². The highest BCUT2D eigenvalue weighted by molar-refractivity contribution is 5.20. The van der Waals surface area contributed by atoms with Crippen LogP contribution in [0.1, 0.15) is 25.6 Å². The molecule has 0 atom stereocenters. The number of hydrogen-bond donors (Lipinski definition) is 1. The molecule has 1 N–H and O–H groups in total. The molecule has 0 saturated carbocycles. The molecule has 0 amide bonds. The maximum absolute atomic E-state index is 5.55. The summed E-state index contributed by atoms with van der Waals surface area (Å²) < 4.78 is 10.8. The second kappa shape index (κ2) is 5.18. The first-order chi connectivity index (χ1) is 8.62. The average Bonchev–Trinajstić information content (AvgIpc) is 2.87. The van der Waals surface area contributed by atoms with Crippen molar-refractivity contribution in [2.24, 2.45) is 0 Å². The van der Waals surface area contributed by atoms with E-state index in [0.717, 1.165) is 5.75 Å². The first kappa shape index (κ1) is 12.6. The normalized spacial score (nSPS) is 11.5. The summed E-state index contributed by atoms with van der Waals surface area (Å²) in [5, 5.41) is 7.00. The van der Waals surface area contributed by atoms with Crippen molar-refractivity contribution >= 4 is 0 Å². The smallest absolute Gasteiger partial charge is 0.246 e. The van der Waals surface area contributed by atoms with Gasteiger partial charge in [-0.1, -0.05) is 23.4 Å². The van der Waals surface area contributed by atoms with Crippen molar-refractivity contribution in [2.75, 3.05) is 7.05 Å². The zero-order valence-corrected chi connectivity index (χ0v) is 10.8. The van der Waals surface area contributed by atoms with E-state index in [1.165, 1.54) is 0 Å². The molecule has 0 spiro atoms. The molecule has 0 radical (unpaired) electrons. The lowest BCUT2D eigenvalue weighted by atomic mass is 10.1. The monoisotopic (exact) mass is 247 g/mol. The van der Waals surface area contributed by atoms with Gasteiger partial charge in [0.1, 0.15) is 5.75 Å². The molecule has 0 aliphatic carbocycles. The lowest BCUT2D eigenvalue weighted by molar-refractivity contribution is 0.267. The third-order valence-corrected chi connectivity index (χ3v) is 2.74. The lowest BCUT2D eigenvalue weighted by Crippen LogP contribution is -2.33. The number of ether oxygens (including phenoxy) is 1. The molecule has 0 aliphatic rings. The van der Waals surface area contributed by atoms with Gasteiger partial charge in [0.25, 0.3) is 0 Å². The highest BCUT2D eigenvalue weighted by Crippen LogP contribution is 2.17. The Labute approximate surface area is 106 Å². The molecule has 5 nitrogen and oxygen atoms in total. The maximum Gasteiger partial charge on any atom is 0.246 e. The van der Waals surface area contributed by atoms with E-state index >= 15 is 0 Å². The summed E-state index contributed by atoms with van der Waals surface area (Å²) in [5.41, 5.74) is -0.335. The van der Waals surface area contributed by atoms with Gasteiger partial charge in [-0.15, -0.1) is 0 Å². The van der Waals surface area contributed by atoms with Crippen LogP contribution in [0.25, 0.3) is 0 Å². The summed E-state index contributed by atoms with van der Waals surface area (Å²) in [7, 11) is 1.85. The number of para-hydroxylation sites is 1. The van der Waals surface area contributed by atoms with Crippen molar-refractivity contribution < 1.29 is 9.26 Å². The molecule has 1 aromatic carbocycles. The highest BCUT2D eigenvalue weighted by atomic mass is 16.5. The molecule has 2 rings (SSSR count). The van der Waals surface area contributed by atoms with Gasteiger partial charge in [0, 0.05) is 0 Å². The van der Waals surface area contributed by atoms with Gasteiger partial charge in [0.05, 0.1) is 5.54 Å². The van der Waals surface area contributed by atoms with Gasteiger partial charge in [-0.3, -0.25) is 0 Å². The topological polar surface area (TPSA) is 60.2 Å². The van der Waals surface area contributed by atoms with Crippen LogP contribution in [-0.2, 0) is 12.1 Å². The van der Waals surface area contributed by atoms with E-state index in [1.54, 1.807) is 0 Å². The number of nitrogens with zero attached hydrogens (tertiary/aromatic N) is 2. The maximum atomic E-state index is 5.55. The Bertz CT molecular complexity index is 494. The third kappa shape index (κ3) is 2.87. The Balaban J connectivity index is 1.99. The number of aromatic nitrogens is 2. The molecule has 1 heterocycles. The second-order valence-electron chi connectivity index (χ2n) is 4.49. The molecule has 2 aromatic rings. The minimum absolute atomic E-state index is 0.299. The Morgan fingerprint density at radius 1 is 1.28 bits per heavy atom. The first-order valence-corrected chi connectivity index (χ1v) is 5.81. The highest BCUT2D eigenvalue weighted by Gasteiger charge is 2.25. The van der Waals surface area contributed by atoms with E-state index in [1.807, 2.05) is 51.2 Å². The van der Waals surface area contributed by atoms with Crippen LogP contribution in [0.3, 0.4) is 0 Å². The summed E-state index contributed by atoms with van der Waals surface area (Å²) in [6.07, 6.45) is 0. The van der Waals surface area contributed by atoms with Crippen LogP contribution in [0, 0.1) is 0 Å². The van der Waals surface area contributed by atoms with Crippen LogP contribution < -0.4 is 10.1 Å². The minimum atomic E-state index is -0.335. The van der Waals surface area contributed by atoms with Crippen molar-refractivity contribution in [3.05, 3.63) is 42.0 Å². The molecule has 1 aromatic heterocycles. The molecule has 0 bridgehead atoms. The molecule has 5 heteroatoms. The molecule has 18 heavy (non-hydrogen) atoms. The van der Waals surface area contributed by atoms with Crippen LogP contribution in [-0.4, -0.2) is 17.2 Å². The standard InChI is InChI=1S/C13H17N3O2/c1-13(2,14-3)12-15-11(16-18-12)9-17-10-7-5-4-6-8-10/h4-8,14H,9H2,1-3H3. The van der Waals surface area contributed by atoms with Gasteiger partial charge in [0.2, 0.25) is 11.7 Å². The van der Waals surface area contributed by atoms with Gasteiger partial charge in [-0.25, -0.2) is 0 Å². The quantitative estimate of drug-likeness (QED) is 0.876. The predicted octanol–water partition coefficient (Wildman–Crippen LogP) is 2.10. The molecule has 0 unspecified atom stereocenters. The average molecular weight is 247 g/mol. The molecular weight excluding hydrogens is 230 g/mol.